The van der Waals surface area contributed by atoms with Crippen molar-refractivity contribution < 1.29 is 4.74 Å². The summed E-state index contributed by atoms with van der Waals surface area (Å²) in [5.74, 6) is 3.62. The Labute approximate surface area is 108 Å². The zero-order chi connectivity index (χ0) is 11.8. The van der Waals surface area contributed by atoms with Gasteiger partial charge in [-0.1, -0.05) is 24.6 Å². The maximum atomic E-state index is 6.59. The van der Waals surface area contributed by atoms with E-state index in [1.807, 2.05) is 12.1 Å². The van der Waals surface area contributed by atoms with Crippen molar-refractivity contribution in [3.05, 3.63) is 29.8 Å². The van der Waals surface area contributed by atoms with Crippen molar-refractivity contribution >= 4 is 11.6 Å². The summed E-state index contributed by atoms with van der Waals surface area (Å²) in [6.45, 7) is 0. The highest BCUT2D eigenvalue weighted by Crippen LogP contribution is 2.60. The van der Waals surface area contributed by atoms with Gasteiger partial charge in [-0.05, 0) is 48.6 Å². The minimum atomic E-state index is 0.293. The van der Waals surface area contributed by atoms with Crippen LogP contribution in [-0.4, -0.2) is 12.5 Å². The zero-order valence-electron chi connectivity index (χ0n) is 10.2. The Kier molecular flexibility index (Phi) is 3.04. The van der Waals surface area contributed by atoms with E-state index in [1.54, 1.807) is 7.11 Å². The molecule has 92 valence electrons. The number of fused-ring (bicyclic) bond motifs is 1. The lowest BCUT2D eigenvalue weighted by atomic mass is 10.0. The number of ether oxygens (including phenoxy) is 1. The van der Waals surface area contributed by atoms with E-state index >= 15 is 0 Å². The van der Waals surface area contributed by atoms with Gasteiger partial charge >= 0.3 is 0 Å². The smallest absolute Gasteiger partial charge is 0.122 e. The van der Waals surface area contributed by atoms with Crippen LogP contribution >= 0.6 is 11.6 Å². The summed E-state index contributed by atoms with van der Waals surface area (Å²) in [4.78, 5) is 0. The molecule has 3 atom stereocenters. The molecular formula is C15H19ClO. The molecule has 0 saturated heterocycles. The monoisotopic (exact) mass is 250 g/mol. The normalized spacial score (nSPS) is 32.0. The molecule has 0 aromatic heterocycles. The number of hydrogen-bond acceptors (Lipinski definition) is 1. The lowest BCUT2D eigenvalue weighted by Gasteiger charge is -2.14. The third-order valence-electron chi connectivity index (χ3n) is 4.50. The Morgan fingerprint density at radius 2 is 2.00 bits per heavy atom. The van der Waals surface area contributed by atoms with Gasteiger partial charge in [-0.25, -0.2) is 0 Å². The molecule has 2 saturated carbocycles. The number of hydrogen-bond donors (Lipinski definition) is 0. The maximum absolute atomic E-state index is 6.59. The highest BCUT2D eigenvalue weighted by molar-refractivity contribution is 6.21. The van der Waals surface area contributed by atoms with Crippen molar-refractivity contribution in [2.75, 3.05) is 7.11 Å². The highest BCUT2D eigenvalue weighted by Gasteiger charge is 2.55. The summed E-state index contributed by atoms with van der Waals surface area (Å²) in [5, 5.41) is 0.293. The van der Waals surface area contributed by atoms with Crippen LogP contribution in [0.1, 0.15) is 24.8 Å². The number of methoxy groups -OCH3 is 1. The Morgan fingerprint density at radius 3 is 2.71 bits per heavy atom. The lowest BCUT2D eigenvalue weighted by molar-refractivity contribution is 0.408. The van der Waals surface area contributed by atoms with Crippen LogP contribution in [-0.2, 0) is 6.42 Å². The topological polar surface area (TPSA) is 9.23 Å². The van der Waals surface area contributed by atoms with Crippen molar-refractivity contribution in [3.8, 4) is 5.75 Å². The van der Waals surface area contributed by atoms with Crippen LogP contribution in [0.5, 0.6) is 5.75 Å². The van der Waals surface area contributed by atoms with Gasteiger partial charge in [0, 0.05) is 5.38 Å². The Balaban J connectivity index is 1.66. The quantitative estimate of drug-likeness (QED) is 0.737. The lowest BCUT2D eigenvalue weighted by Crippen LogP contribution is -2.10. The third kappa shape index (κ3) is 2.06. The molecule has 2 heteroatoms. The summed E-state index contributed by atoms with van der Waals surface area (Å²) >= 11 is 6.59. The van der Waals surface area contributed by atoms with Gasteiger partial charge in [-0.3, -0.25) is 0 Å². The Bertz CT molecular complexity index is 394. The summed E-state index contributed by atoms with van der Waals surface area (Å²) < 4.78 is 5.38. The Morgan fingerprint density at radius 1 is 1.29 bits per heavy atom. The minimum Gasteiger partial charge on any atom is -0.496 e. The molecule has 17 heavy (non-hydrogen) atoms. The molecule has 3 rings (SSSR count). The van der Waals surface area contributed by atoms with Gasteiger partial charge < -0.3 is 4.74 Å². The van der Waals surface area contributed by atoms with Crippen molar-refractivity contribution in [2.24, 2.45) is 17.8 Å². The second kappa shape index (κ2) is 4.53. The Hall–Kier alpha value is -0.690. The zero-order valence-corrected chi connectivity index (χ0v) is 11.0. The van der Waals surface area contributed by atoms with Crippen LogP contribution in [0.15, 0.2) is 24.3 Å². The number of benzene rings is 1. The average Bonchev–Trinajstić information content (AvgIpc) is 2.84. The van der Waals surface area contributed by atoms with Crippen molar-refractivity contribution in [3.63, 3.8) is 0 Å². The first kappa shape index (κ1) is 11.4. The van der Waals surface area contributed by atoms with Crippen LogP contribution in [0, 0.1) is 17.8 Å². The standard InChI is InChI=1S/C15H19ClO/c1-17-14-8-3-2-5-10(14)9-13(16)15-11-6-4-7-12(11)15/h2-3,5,8,11-13,15H,4,6-7,9H2,1H3. The first-order valence-electron chi connectivity index (χ1n) is 6.57. The molecule has 0 bridgehead atoms. The summed E-state index contributed by atoms with van der Waals surface area (Å²) in [6.07, 6.45) is 5.18. The largest absolute Gasteiger partial charge is 0.496 e. The molecule has 0 radical (unpaired) electrons. The van der Waals surface area contributed by atoms with Crippen LogP contribution < -0.4 is 4.74 Å². The van der Waals surface area contributed by atoms with Gasteiger partial charge in [0.25, 0.3) is 0 Å². The molecule has 0 amide bonds. The van der Waals surface area contributed by atoms with Crippen molar-refractivity contribution in [1.82, 2.24) is 0 Å². The fourth-order valence-electron chi connectivity index (χ4n) is 3.63. The summed E-state index contributed by atoms with van der Waals surface area (Å²) in [5.41, 5.74) is 1.25. The van der Waals surface area contributed by atoms with E-state index in [0.717, 1.165) is 29.9 Å². The predicted molar refractivity (Wildman–Crippen MR) is 70.7 cm³/mol. The minimum absolute atomic E-state index is 0.293. The average molecular weight is 251 g/mol. The first-order chi connectivity index (χ1) is 8.31. The molecule has 2 fully saturated rings. The SMILES string of the molecule is COc1ccccc1CC(Cl)C1C2CCCC21. The second-order valence-corrected chi connectivity index (χ2v) is 5.93. The molecule has 0 spiro atoms. The van der Waals surface area contributed by atoms with E-state index in [9.17, 15) is 0 Å². The molecule has 1 aromatic rings. The third-order valence-corrected chi connectivity index (χ3v) is 4.94. The predicted octanol–water partition coefficient (Wildman–Crippen LogP) is 3.89. The van der Waals surface area contributed by atoms with E-state index in [0.29, 0.717) is 5.38 Å². The maximum Gasteiger partial charge on any atom is 0.122 e. The number of alkyl halides is 1. The molecule has 1 nitrogen and oxygen atoms in total. The molecule has 2 aliphatic carbocycles. The molecule has 2 aliphatic rings. The summed E-state index contributed by atoms with van der Waals surface area (Å²) in [7, 11) is 1.73. The number of halogens is 1. The number of para-hydroxylation sites is 1. The van der Waals surface area contributed by atoms with Crippen molar-refractivity contribution in [1.29, 1.82) is 0 Å². The highest BCUT2D eigenvalue weighted by atomic mass is 35.5. The van der Waals surface area contributed by atoms with Crippen molar-refractivity contribution in [2.45, 2.75) is 31.1 Å². The van der Waals surface area contributed by atoms with Gasteiger partial charge in [0.1, 0.15) is 5.75 Å². The van der Waals surface area contributed by atoms with Crippen LogP contribution in [0.4, 0.5) is 0 Å². The van der Waals surface area contributed by atoms with E-state index < -0.39 is 0 Å². The fraction of sp³-hybridized carbons (Fsp3) is 0.600. The molecule has 1 aromatic carbocycles. The van der Waals surface area contributed by atoms with Crippen LogP contribution in [0.3, 0.4) is 0 Å². The van der Waals surface area contributed by atoms with E-state index in [1.165, 1.54) is 24.8 Å². The number of rotatable bonds is 4. The van der Waals surface area contributed by atoms with Gasteiger partial charge in [0.2, 0.25) is 0 Å². The molecule has 3 unspecified atom stereocenters. The van der Waals surface area contributed by atoms with Gasteiger partial charge in [0.05, 0.1) is 7.11 Å². The van der Waals surface area contributed by atoms with E-state index in [4.69, 9.17) is 16.3 Å². The van der Waals surface area contributed by atoms with Gasteiger partial charge in [-0.15, -0.1) is 11.6 Å². The van der Waals surface area contributed by atoms with Gasteiger partial charge in [-0.2, -0.15) is 0 Å². The first-order valence-corrected chi connectivity index (χ1v) is 7.01. The summed E-state index contributed by atoms with van der Waals surface area (Å²) in [6, 6.07) is 8.23. The molecule has 0 aliphatic heterocycles. The second-order valence-electron chi connectivity index (χ2n) is 5.37. The van der Waals surface area contributed by atoms with Crippen LogP contribution in [0.2, 0.25) is 0 Å². The van der Waals surface area contributed by atoms with Gasteiger partial charge in [0.15, 0.2) is 0 Å². The molecule has 0 N–H and O–H groups in total. The van der Waals surface area contributed by atoms with Crippen LogP contribution in [0.25, 0.3) is 0 Å². The van der Waals surface area contributed by atoms with E-state index in [2.05, 4.69) is 12.1 Å². The molecular weight excluding hydrogens is 232 g/mol. The van der Waals surface area contributed by atoms with E-state index in [-0.39, 0.29) is 0 Å². The molecule has 0 heterocycles. The fourth-order valence-corrected chi connectivity index (χ4v) is 4.17.